The van der Waals surface area contributed by atoms with E-state index < -0.39 is 6.36 Å². The summed E-state index contributed by atoms with van der Waals surface area (Å²) in [4.78, 5) is 4.19. The maximum Gasteiger partial charge on any atom is 0.573 e. The molecular formula is C16H13F3N4O. The van der Waals surface area contributed by atoms with Crippen molar-refractivity contribution in [3.8, 4) is 22.8 Å². The molecule has 0 saturated heterocycles. The zero-order valence-corrected chi connectivity index (χ0v) is 12.6. The van der Waals surface area contributed by atoms with E-state index >= 15 is 0 Å². The van der Waals surface area contributed by atoms with Crippen molar-refractivity contribution in [1.29, 1.82) is 0 Å². The Morgan fingerprint density at radius 1 is 1.00 bits per heavy atom. The number of hydrogen-bond acceptors (Lipinski definition) is 4. The maximum absolute atomic E-state index is 12.2. The van der Waals surface area contributed by atoms with Crippen LogP contribution in [0.1, 0.15) is 5.56 Å². The number of rotatable bonds is 3. The molecule has 0 radical (unpaired) electrons. The van der Waals surface area contributed by atoms with E-state index in [1.54, 1.807) is 0 Å². The van der Waals surface area contributed by atoms with E-state index in [4.69, 9.17) is 5.73 Å². The second-order valence-electron chi connectivity index (χ2n) is 5.11. The van der Waals surface area contributed by atoms with Gasteiger partial charge in [-0.05, 0) is 31.2 Å². The van der Waals surface area contributed by atoms with Crippen molar-refractivity contribution in [2.24, 2.45) is 0 Å². The van der Waals surface area contributed by atoms with Crippen LogP contribution in [0.15, 0.2) is 48.5 Å². The summed E-state index contributed by atoms with van der Waals surface area (Å²) in [6.45, 7) is 1.97. The van der Waals surface area contributed by atoms with Crippen molar-refractivity contribution in [3.63, 3.8) is 0 Å². The van der Waals surface area contributed by atoms with Gasteiger partial charge in [-0.25, -0.2) is 0 Å². The Hall–Kier alpha value is -3.03. The molecule has 0 unspecified atom stereocenters. The number of anilines is 1. The highest BCUT2D eigenvalue weighted by atomic mass is 19.4. The monoisotopic (exact) mass is 334 g/mol. The first-order valence-corrected chi connectivity index (χ1v) is 6.97. The van der Waals surface area contributed by atoms with Gasteiger partial charge in [0.1, 0.15) is 5.75 Å². The van der Waals surface area contributed by atoms with Gasteiger partial charge in [0.25, 0.3) is 0 Å². The molecule has 3 aromatic rings. The molecule has 8 heteroatoms. The second kappa shape index (κ2) is 5.88. The Labute approximate surface area is 135 Å². The Bertz CT molecular complexity index is 839. The number of nitrogens with two attached hydrogens (primary N) is 1. The molecule has 2 N–H and O–H groups in total. The number of nitrogens with zero attached hydrogens (tertiary/aromatic N) is 3. The van der Waals surface area contributed by atoms with Crippen LogP contribution in [0.4, 0.5) is 19.1 Å². The van der Waals surface area contributed by atoms with Crippen molar-refractivity contribution in [1.82, 2.24) is 14.8 Å². The molecule has 124 valence electrons. The molecule has 0 aliphatic rings. The third-order valence-corrected chi connectivity index (χ3v) is 3.26. The van der Waals surface area contributed by atoms with E-state index in [1.165, 1.54) is 28.9 Å². The minimum atomic E-state index is -4.73. The number of alkyl halides is 3. The molecule has 0 spiro atoms. The number of benzene rings is 2. The van der Waals surface area contributed by atoms with Gasteiger partial charge in [-0.3, -0.25) is 0 Å². The molecule has 0 amide bonds. The Kier molecular flexibility index (Phi) is 3.88. The molecule has 0 aliphatic heterocycles. The van der Waals surface area contributed by atoms with Crippen LogP contribution in [-0.2, 0) is 0 Å². The first kappa shape index (κ1) is 15.9. The lowest BCUT2D eigenvalue weighted by Crippen LogP contribution is -2.17. The molecule has 0 aliphatic carbocycles. The molecule has 1 heterocycles. The van der Waals surface area contributed by atoms with Gasteiger partial charge in [0, 0.05) is 5.56 Å². The van der Waals surface area contributed by atoms with E-state index in [-0.39, 0.29) is 11.7 Å². The summed E-state index contributed by atoms with van der Waals surface area (Å²) in [7, 11) is 0. The molecule has 5 nitrogen and oxygen atoms in total. The lowest BCUT2D eigenvalue weighted by molar-refractivity contribution is -0.274. The van der Waals surface area contributed by atoms with Gasteiger partial charge in [0.05, 0.1) is 5.69 Å². The van der Waals surface area contributed by atoms with Crippen LogP contribution in [-0.4, -0.2) is 21.1 Å². The van der Waals surface area contributed by atoms with Gasteiger partial charge in [-0.2, -0.15) is 9.67 Å². The summed E-state index contributed by atoms with van der Waals surface area (Å²) in [5.74, 6) is 0.252. The van der Waals surface area contributed by atoms with Gasteiger partial charge in [0.2, 0.25) is 5.95 Å². The van der Waals surface area contributed by atoms with E-state index in [2.05, 4.69) is 14.8 Å². The zero-order chi connectivity index (χ0) is 17.3. The van der Waals surface area contributed by atoms with Crippen LogP contribution in [0.2, 0.25) is 0 Å². The minimum Gasteiger partial charge on any atom is -0.406 e. The lowest BCUT2D eigenvalue weighted by atomic mass is 10.1. The third kappa shape index (κ3) is 3.48. The number of aromatic nitrogens is 3. The largest absolute Gasteiger partial charge is 0.573 e. The number of hydrogen-bond donors (Lipinski definition) is 1. The molecule has 0 fully saturated rings. The minimum absolute atomic E-state index is 0.134. The maximum atomic E-state index is 12.2. The van der Waals surface area contributed by atoms with E-state index in [1.807, 2.05) is 31.2 Å². The van der Waals surface area contributed by atoms with Gasteiger partial charge < -0.3 is 10.5 Å². The van der Waals surface area contributed by atoms with Gasteiger partial charge in [-0.1, -0.05) is 29.8 Å². The highest BCUT2D eigenvalue weighted by Crippen LogP contribution is 2.25. The summed E-state index contributed by atoms with van der Waals surface area (Å²) in [6, 6.07) is 12.8. The predicted molar refractivity (Wildman–Crippen MR) is 82.6 cm³/mol. The number of halogens is 3. The van der Waals surface area contributed by atoms with E-state index in [9.17, 15) is 13.2 Å². The highest BCUT2D eigenvalue weighted by molar-refractivity contribution is 5.57. The van der Waals surface area contributed by atoms with Crippen LogP contribution in [0.25, 0.3) is 17.1 Å². The van der Waals surface area contributed by atoms with Crippen LogP contribution < -0.4 is 10.5 Å². The van der Waals surface area contributed by atoms with Crippen molar-refractivity contribution < 1.29 is 17.9 Å². The first-order chi connectivity index (χ1) is 11.3. The van der Waals surface area contributed by atoms with Gasteiger partial charge >= 0.3 is 6.36 Å². The van der Waals surface area contributed by atoms with Gasteiger partial charge in [-0.15, -0.1) is 18.3 Å². The van der Waals surface area contributed by atoms with Crippen molar-refractivity contribution >= 4 is 5.95 Å². The summed E-state index contributed by atoms with van der Waals surface area (Å²) < 4.78 is 41.7. The normalized spacial score (nSPS) is 11.5. The molecule has 0 saturated carbocycles. The Morgan fingerprint density at radius 3 is 2.21 bits per heavy atom. The highest BCUT2D eigenvalue weighted by Gasteiger charge is 2.31. The molecule has 0 atom stereocenters. The molecule has 1 aromatic heterocycles. The van der Waals surface area contributed by atoms with Crippen molar-refractivity contribution in [3.05, 3.63) is 54.1 Å². The Balaban J connectivity index is 1.88. The van der Waals surface area contributed by atoms with Crippen LogP contribution >= 0.6 is 0 Å². The third-order valence-electron chi connectivity index (χ3n) is 3.26. The molecule has 0 bridgehead atoms. The van der Waals surface area contributed by atoms with E-state index in [0.29, 0.717) is 11.5 Å². The second-order valence-corrected chi connectivity index (χ2v) is 5.11. The fraction of sp³-hybridized carbons (Fsp3) is 0.125. The summed E-state index contributed by atoms with van der Waals surface area (Å²) in [6.07, 6.45) is -4.73. The van der Waals surface area contributed by atoms with Crippen LogP contribution in [0.3, 0.4) is 0 Å². The quantitative estimate of drug-likeness (QED) is 0.793. The predicted octanol–water partition coefficient (Wildman–Crippen LogP) is 3.72. The SMILES string of the molecule is Cc1ccc(-c2nc(N)n(-c3ccc(OC(F)(F)F)cc3)n2)cc1. The molecular weight excluding hydrogens is 321 g/mol. The zero-order valence-electron chi connectivity index (χ0n) is 12.6. The smallest absolute Gasteiger partial charge is 0.406 e. The number of ether oxygens (including phenoxy) is 1. The number of aryl methyl sites for hydroxylation is 1. The fourth-order valence-corrected chi connectivity index (χ4v) is 2.13. The van der Waals surface area contributed by atoms with Crippen molar-refractivity contribution in [2.45, 2.75) is 13.3 Å². The average molecular weight is 334 g/mol. The number of nitrogen functional groups attached to an aromatic ring is 1. The standard InChI is InChI=1S/C16H13F3N4O/c1-10-2-4-11(5-3-10)14-21-15(20)23(22-14)12-6-8-13(9-7-12)24-16(17,18)19/h2-9H,1H3,(H2,20,21,22). The molecule has 24 heavy (non-hydrogen) atoms. The first-order valence-electron chi connectivity index (χ1n) is 6.97. The van der Waals surface area contributed by atoms with Crippen LogP contribution in [0.5, 0.6) is 5.75 Å². The summed E-state index contributed by atoms with van der Waals surface area (Å²) >= 11 is 0. The van der Waals surface area contributed by atoms with Crippen LogP contribution in [0, 0.1) is 6.92 Å². The Morgan fingerprint density at radius 2 is 1.62 bits per heavy atom. The fourth-order valence-electron chi connectivity index (χ4n) is 2.13. The van der Waals surface area contributed by atoms with Gasteiger partial charge in [0.15, 0.2) is 5.82 Å². The topological polar surface area (TPSA) is 66.0 Å². The average Bonchev–Trinajstić information content (AvgIpc) is 2.89. The molecule has 2 aromatic carbocycles. The summed E-state index contributed by atoms with van der Waals surface area (Å²) in [5.41, 5.74) is 8.24. The summed E-state index contributed by atoms with van der Waals surface area (Å²) in [5, 5.41) is 4.30. The van der Waals surface area contributed by atoms with E-state index in [0.717, 1.165) is 11.1 Å². The van der Waals surface area contributed by atoms with Crippen molar-refractivity contribution in [2.75, 3.05) is 5.73 Å². The molecule has 3 rings (SSSR count). The lowest BCUT2D eigenvalue weighted by Gasteiger charge is -2.09.